The molecule has 8 nitrogen and oxygen atoms in total. The highest BCUT2D eigenvalue weighted by molar-refractivity contribution is 5.87. The minimum atomic E-state index is -1.40. The number of hydrogen-bond acceptors (Lipinski definition) is 5. The molecule has 2 amide bonds. The molecular weight excluding hydrogens is 400 g/mol. The van der Waals surface area contributed by atoms with Gasteiger partial charge in [0, 0.05) is 12.5 Å². The molecule has 0 bridgehead atoms. The largest absolute Gasteiger partial charge is 0.480 e. The maximum Gasteiger partial charge on any atom is 0.407 e. The molecule has 8 heteroatoms. The van der Waals surface area contributed by atoms with Crippen molar-refractivity contribution in [1.29, 1.82) is 0 Å². The van der Waals surface area contributed by atoms with Crippen molar-refractivity contribution in [3.05, 3.63) is 59.7 Å². The van der Waals surface area contributed by atoms with Gasteiger partial charge in [-0.1, -0.05) is 48.5 Å². The van der Waals surface area contributed by atoms with Crippen LogP contribution in [0.25, 0.3) is 11.1 Å². The summed E-state index contributed by atoms with van der Waals surface area (Å²) >= 11 is 0. The topological polar surface area (TPSA) is 125 Å². The van der Waals surface area contributed by atoms with Crippen molar-refractivity contribution in [1.82, 2.24) is 10.6 Å². The fourth-order valence-electron chi connectivity index (χ4n) is 3.56. The number of hydrogen-bond donors (Lipinski definition) is 4. The molecule has 0 fully saturated rings. The number of aliphatic carboxylic acids is 1. The second-order valence-electron chi connectivity index (χ2n) is 8.11. The number of alkyl carbamates (subject to hydrolysis) is 1. The summed E-state index contributed by atoms with van der Waals surface area (Å²) in [5.41, 5.74) is 3.34. The van der Waals surface area contributed by atoms with Crippen molar-refractivity contribution >= 4 is 18.0 Å². The minimum Gasteiger partial charge on any atom is -0.480 e. The van der Waals surface area contributed by atoms with E-state index >= 15 is 0 Å². The molecule has 0 spiro atoms. The first-order valence-corrected chi connectivity index (χ1v) is 9.98. The fourth-order valence-corrected chi connectivity index (χ4v) is 3.56. The third-order valence-corrected chi connectivity index (χ3v) is 5.42. The molecular formula is C23H26N2O6. The van der Waals surface area contributed by atoms with Crippen LogP contribution < -0.4 is 10.6 Å². The van der Waals surface area contributed by atoms with E-state index in [0.29, 0.717) is 0 Å². The number of aliphatic hydroxyl groups excluding tert-OH is 1. The highest BCUT2D eigenvalue weighted by atomic mass is 16.5. The average Bonchev–Trinajstić information content (AvgIpc) is 3.08. The molecule has 3 rings (SSSR count). The van der Waals surface area contributed by atoms with Crippen LogP contribution in [-0.2, 0) is 14.3 Å². The molecule has 2 aromatic carbocycles. The summed E-state index contributed by atoms with van der Waals surface area (Å²) in [5, 5.41) is 22.8. The van der Waals surface area contributed by atoms with Crippen LogP contribution in [0.15, 0.2) is 48.5 Å². The lowest BCUT2D eigenvalue weighted by Gasteiger charge is -2.25. The van der Waals surface area contributed by atoms with Gasteiger partial charge < -0.3 is 25.6 Å². The van der Waals surface area contributed by atoms with Gasteiger partial charge in [-0.2, -0.15) is 0 Å². The standard InChI is InChI=1S/C23H26N2O6/c1-23(2,21(29)25-19(11-26)20(27)28)13-24-22(30)31-12-18-16-9-5-3-7-14(16)15-8-4-6-10-17(15)18/h3-10,18-19,26H,11-13H2,1-2H3,(H,24,30)(H,25,29)(H,27,28)/t19-/m1/s1. The number of carboxylic acid groups (broad SMARTS) is 1. The highest BCUT2D eigenvalue weighted by Crippen LogP contribution is 2.44. The van der Waals surface area contributed by atoms with Gasteiger partial charge in [0.1, 0.15) is 12.6 Å². The van der Waals surface area contributed by atoms with E-state index in [1.165, 1.54) is 0 Å². The van der Waals surface area contributed by atoms with Gasteiger partial charge in [0.05, 0.1) is 12.0 Å². The normalized spacial score (nSPS) is 13.6. The third-order valence-electron chi connectivity index (χ3n) is 5.42. The molecule has 1 aliphatic carbocycles. The lowest BCUT2D eigenvalue weighted by Crippen LogP contribution is -2.51. The maximum absolute atomic E-state index is 12.3. The molecule has 0 saturated heterocycles. The zero-order valence-electron chi connectivity index (χ0n) is 17.4. The Morgan fingerprint density at radius 2 is 1.58 bits per heavy atom. The monoisotopic (exact) mass is 426 g/mol. The van der Waals surface area contributed by atoms with Crippen molar-refractivity contribution in [2.75, 3.05) is 19.8 Å². The minimum absolute atomic E-state index is 0.0622. The van der Waals surface area contributed by atoms with E-state index in [4.69, 9.17) is 14.9 Å². The van der Waals surface area contributed by atoms with E-state index in [2.05, 4.69) is 10.6 Å². The first-order valence-electron chi connectivity index (χ1n) is 9.98. The number of carbonyl (C=O) groups is 3. The number of nitrogens with one attached hydrogen (secondary N) is 2. The Bertz CT molecular complexity index is 942. The van der Waals surface area contributed by atoms with Crippen molar-refractivity contribution in [2.24, 2.45) is 5.41 Å². The third kappa shape index (κ3) is 4.86. The van der Waals surface area contributed by atoms with E-state index in [0.717, 1.165) is 22.3 Å². The number of ether oxygens (including phenoxy) is 1. The summed E-state index contributed by atoms with van der Waals surface area (Å²) in [6.07, 6.45) is -0.667. The lowest BCUT2D eigenvalue weighted by atomic mass is 9.92. The first kappa shape index (κ1) is 22.3. The molecule has 31 heavy (non-hydrogen) atoms. The smallest absolute Gasteiger partial charge is 0.407 e. The summed E-state index contributed by atoms with van der Waals surface area (Å²) in [5.74, 6) is -2.01. The van der Waals surface area contributed by atoms with E-state index in [9.17, 15) is 14.4 Å². The summed E-state index contributed by atoms with van der Waals surface area (Å²) in [4.78, 5) is 35.6. The van der Waals surface area contributed by atoms with Gasteiger partial charge in [0.2, 0.25) is 5.91 Å². The SMILES string of the molecule is CC(C)(CNC(=O)OCC1c2ccccc2-c2ccccc21)C(=O)N[C@H](CO)C(=O)O. The van der Waals surface area contributed by atoms with Gasteiger partial charge in [0.15, 0.2) is 0 Å². The summed E-state index contributed by atoms with van der Waals surface area (Å²) in [6.45, 7) is 2.48. The fraction of sp³-hybridized carbons (Fsp3) is 0.348. The zero-order chi connectivity index (χ0) is 22.6. The number of fused-ring (bicyclic) bond motifs is 3. The van der Waals surface area contributed by atoms with Crippen LogP contribution in [0.4, 0.5) is 4.79 Å². The Kier molecular flexibility index (Phi) is 6.60. The van der Waals surface area contributed by atoms with Crippen molar-refractivity contribution in [3.63, 3.8) is 0 Å². The first-order chi connectivity index (χ1) is 14.7. The molecule has 0 aromatic heterocycles. The van der Waals surface area contributed by atoms with E-state index < -0.39 is 36.0 Å². The van der Waals surface area contributed by atoms with Crippen LogP contribution in [0.3, 0.4) is 0 Å². The molecule has 0 unspecified atom stereocenters. The molecule has 0 heterocycles. The van der Waals surface area contributed by atoms with Gasteiger partial charge in [0.25, 0.3) is 0 Å². The second-order valence-corrected chi connectivity index (χ2v) is 8.11. The summed E-state index contributed by atoms with van der Waals surface area (Å²) in [6, 6.07) is 14.6. The molecule has 4 N–H and O–H groups in total. The highest BCUT2D eigenvalue weighted by Gasteiger charge is 2.32. The molecule has 164 valence electrons. The van der Waals surface area contributed by atoms with Gasteiger partial charge in [-0.25, -0.2) is 9.59 Å². The predicted octanol–water partition coefficient (Wildman–Crippen LogP) is 2.11. The van der Waals surface area contributed by atoms with Crippen molar-refractivity contribution in [3.8, 4) is 11.1 Å². The van der Waals surface area contributed by atoms with E-state index in [1.807, 2.05) is 48.5 Å². The van der Waals surface area contributed by atoms with Crippen molar-refractivity contribution < 1.29 is 29.3 Å². The average molecular weight is 426 g/mol. The Labute approximate surface area is 180 Å². The number of carboxylic acids is 1. The molecule has 0 aliphatic heterocycles. The Balaban J connectivity index is 1.57. The Morgan fingerprint density at radius 1 is 1.03 bits per heavy atom. The molecule has 1 atom stereocenters. The number of aliphatic hydroxyl groups is 1. The number of carbonyl (C=O) groups excluding carboxylic acids is 2. The van der Waals surface area contributed by atoms with Gasteiger partial charge in [-0.3, -0.25) is 4.79 Å². The Hall–Kier alpha value is -3.39. The van der Waals surface area contributed by atoms with Gasteiger partial charge >= 0.3 is 12.1 Å². The van der Waals surface area contributed by atoms with Crippen LogP contribution >= 0.6 is 0 Å². The van der Waals surface area contributed by atoms with Crippen LogP contribution in [0, 0.1) is 5.41 Å². The summed E-state index contributed by atoms with van der Waals surface area (Å²) < 4.78 is 5.44. The predicted molar refractivity (Wildman–Crippen MR) is 114 cm³/mol. The molecule has 0 saturated carbocycles. The lowest BCUT2D eigenvalue weighted by molar-refractivity contribution is -0.144. The second kappa shape index (κ2) is 9.18. The van der Waals surface area contributed by atoms with E-state index in [1.54, 1.807) is 13.8 Å². The van der Waals surface area contributed by atoms with Gasteiger partial charge in [-0.05, 0) is 36.1 Å². The van der Waals surface area contributed by atoms with Crippen LogP contribution in [0.1, 0.15) is 30.9 Å². The molecule has 1 aliphatic rings. The van der Waals surface area contributed by atoms with Crippen LogP contribution in [0.2, 0.25) is 0 Å². The van der Waals surface area contributed by atoms with Crippen LogP contribution in [-0.4, -0.2) is 54.0 Å². The molecule has 0 radical (unpaired) electrons. The maximum atomic E-state index is 12.3. The van der Waals surface area contributed by atoms with Crippen LogP contribution in [0.5, 0.6) is 0 Å². The number of rotatable bonds is 8. The van der Waals surface area contributed by atoms with Gasteiger partial charge in [-0.15, -0.1) is 0 Å². The quantitative estimate of drug-likeness (QED) is 0.512. The number of benzene rings is 2. The number of amides is 2. The van der Waals surface area contributed by atoms with E-state index in [-0.39, 0.29) is 19.1 Å². The molecule has 2 aromatic rings. The Morgan fingerprint density at radius 3 is 2.10 bits per heavy atom. The van der Waals surface area contributed by atoms with Crippen molar-refractivity contribution in [2.45, 2.75) is 25.8 Å². The zero-order valence-corrected chi connectivity index (χ0v) is 17.4. The summed E-state index contributed by atoms with van der Waals surface area (Å²) in [7, 11) is 0.